The number of hydrogen-bond acceptors (Lipinski definition) is 6. The van der Waals surface area contributed by atoms with Gasteiger partial charge in [-0.2, -0.15) is 0 Å². The lowest BCUT2D eigenvalue weighted by Gasteiger charge is -2.26. The maximum absolute atomic E-state index is 13.3. The van der Waals surface area contributed by atoms with E-state index in [1.54, 1.807) is 17.5 Å². The number of benzene rings is 2. The first kappa shape index (κ1) is 25.9. The van der Waals surface area contributed by atoms with Crippen LogP contribution in [0.25, 0.3) is 0 Å². The molecule has 2 amide bonds. The highest BCUT2D eigenvalue weighted by Crippen LogP contribution is 2.25. The molecule has 8 heteroatoms. The van der Waals surface area contributed by atoms with Crippen LogP contribution < -0.4 is 20.3 Å². The molecule has 2 N–H and O–H groups in total. The number of aromatic nitrogens is 1. The maximum atomic E-state index is 13.3. The number of amides is 2. The fourth-order valence-electron chi connectivity index (χ4n) is 4.29. The normalized spacial score (nSPS) is 14.7. The smallest absolute Gasteiger partial charge is 0.264 e. The summed E-state index contributed by atoms with van der Waals surface area (Å²) in [6, 6.07) is 15.0. The minimum atomic E-state index is -0.120. The third-order valence-corrected chi connectivity index (χ3v) is 7.04. The molecule has 1 aliphatic heterocycles. The van der Waals surface area contributed by atoms with Crippen LogP contribution in [0.4, 0.5) is 5.69 Å². The summed E-state index contributed by atoms with van der Waals surface area (Å²) in [5.74, 6) is 0.468. The van der Waals surface area contributed by atoms with Crippen LogP contribution in [0.1, 0.15) is 53.0 Å². The minimum absolute atomic E-state index is 0.0319. The number of thiazole rings is 1. The Labute approximate surface area is 216 Å². The molecule has 4 rings (SSSR count). The van der Waals surface area contributed by atoms with E-state index in [9.17, 15) is 9.59 Å². The fraction of sp³-hybridized carbons (Fsp3) is 0.393. The molecule has 0 unspecified atom stereocenters. The monoisotopic (exact) mass is 506 g/mol. The van der Waals surface area contributed by atoms with Crippen LogP contribution in [-0.2, 0) is 17.8 Å². The van der Waals surface area contributed by atoms with Crippen LogP contribution in [0.5, 0.6) is 5.75 Å². The zero-order valence-electron chi connectivity index (χ0n) is 20.6. The largest absolute Gasteiger partial charge is 0.484 e. The molecule has 1 aromatic heterocycles. The number of hydrogen-bond donors (Lipinski definition) is 2. The van der Waals surface area contributed by atoms with E-state index < -0.39 is 0 Å². The van der Waals surface area contributed by atoms with Gasteiger partial charge in [-0.05, 0) is 55.3 Å². The molecule has 190 valence electrons. The highest BCUT2D eigenvalue weighted by atomic mass is 32.1. The molecule has 2 heterocycles. The molecule has 0 saturated carbocycles. The average Bonchev–Trinajstić information content (AvgIpc) is 3.42. The van der Waals surface area contributed by atoms with Crippen LogP contribution in [-0.4, -0.2) is 43.0 Å². The molecule has 1 aliphatic rings. The van der Waals surface area contributed by atoms with E-state index in [0.29, 0.717) is 37.4 Å². The molecule has 0 bridgehead atoms. The van der Waals surface area contributed by atoms with E-state index in [4.69, 9.17) is 4.74 Å². The number of para-hydroxylation sites is 1. The van der Waals surface area contributed by atoms with Crippen molar-refractivity contribution in [3.05, 3.63) is 76.2 Å². The van der Waals surface area contributed by atoms with Gasteiger partial charge >= 0.3 is 0 Å². The van der Waals surface area contributed by atoms with Crippen LogP contribution in [0.3, 0.4) is 0 Å². The lowest BCUT2D eigenvalue weighted by molar-refractivity contribution is -0.120. The second-order valence-corrected chi connectivity index (χ2v) is 9.85. The molecule has 2 aromatic carbocycles. The summed E-state index contributed by atoms with van der Waals surface area (Å²) >= 11 is 1.59. The second-order valence-electron chi connectivity index (χ2n) is 8.87. The van der Waals surface area contributed by atoms with Crippen molar-refractivity contribution < 1.29 is 14.3 Å². The van der Waals surface area contributed by atoms with Crippen molar-refractivity contribution in [2.75, 3.05) is 31.1 Å². The van der Waals surface area contributed by atoms with E-state index >= 15 is 0 Å². The molecule has 36 heavy (non-hydrogen) atoms. The number of rotatable bonds is 7. The van der Waals surface area contributed by atoms with Crippen molar-refractivity contribution >= 4 is 28.8 Å². The number of nitrogens with one attached hydrogen (secondary N) is 2. The van der Waals surface area contributed by atoms with Crippen molar-refractivity contribution in [1.29, 1.82) is 0 Å². The predicted molar refractivity (Wildman–Crippen MR) is 144 cm³/mol. The Bertz CT molecular complexity index is 1110. The lowest BCUT2D eigenvalue weighted by atomic mass is 10.0. The van der Waals surface area contributed by atoms with Crippen molar-refractivity contribution in [1.82, 2.24) is 15.6 Å². The molecule has 0 spiro atoms. The predicted octanol–water partition coefficient (Wildman–Crippen LogP) is 4.58. The van der Waals surface area contributed by atoms with Gasteiger partial charge in [-0.15, -0.1) is 11.3 Å². The van der Waals surface area contributed by atoms with E-state index in [1.165, 1.54) is 6.42 Å². The average molecular weight is 507 g/mol. The Balaban J connectivity index is 1.50. The molecular weight excluding hydrogens is 472 g/mol. The standard InChI is InChI=1S/C28H34N4O3S/c33-27(21-35-24-9-5-4-6-10-24)32-17-8-3-1-2-7-14-29-20-23-19-22(11-12-25(23)32)28(34)31-15-13-26-30-16-18-36-26/h4-6,9-12,16,18-19,29H,1-3,7-8,13-15,17,20-21H2,(H,31,34). The zero-order valence-corrected chi connectivity index (χ0v) is 21.4. The van der Waals surface area contributed by atoms with E-state index in [0.717, 1.165) is 48.5 Å². The van der Waals surface area contributed by atoms with Gasteiger partial charge in [-0.25, -0.2) is 4.98 Å². The Hall–Kier alpha value is -3.23. The molecule has 0 aliphatic carbocycles. The lowest BCUT2D eigenvalue weighted by Crippen LogP contribution is -2.37. The summed E-state index contributed by atoms with van der Waals surface area (Å²) in [7, 11) is 0. The van der Waals surface area contributed by atoms with Gasteiger partial charge < -0.3 is 20.3 Å². The first-order chi connectivity index (χ1) is 17.7. The fourth-order valence-corrected chi connectivity index (χ4v) is 4.91. The molecule has 0 atom stereocenters. The van der Waals surface area contributed by atoms with E-state index in [1.807, 2.05) is 58.8 Å². The molecule has 0 saturated heterocycles. The van der Waals surface area contributed by atoms with Crippen molar-refractivity contribution in [2.45, 2.75) is 45.1 Å². The summed E-state index contributed by atoms with van der Waals surface area (Å²) in [6.45, 7) is 2.63. The first-order valence-corrected chi connectivity index (χ1v) is 13.6. The molecular formula is C28H34N4O3S. The van der Waals surface area contributed by atoms with Crippen LogP contribution in [0, 0.1) is 0 Å². The van der Waals surface area contributed by atoms with Crippen LogP contribution in [0.2, 0.25) is 0 Å². The zero-order chi connectivity index (χ0) is 25.0. The Morgan fingerprint density at radius 2 is 1.89 bits per heavy atom. The van der Waals surface area contributed by atoms with Crippen LogP contribution in [0.15, 0.2) is 60.1 Å². The van der Waals surface area contributed by atoms with Gasteiger partial charge in [0.15, 0.2) is 6.61 Å². The van der Waals surface area contributed by atoms with Gasteiger partial charge in [0.05, 0.1) is 5.01 Å². The number of ether oxygens (including phenoxy) is 1. The Kier molecular flexibility index (Phi) is 9.87. The Morgan fingerprint density at radius 3 is 2.72 bits per heavy atom. The molecule has 7 nitrogen and oxygen atoms in total. The molecule has 0 radical (unpaired) electrons. The van der Waals surface area contributed by atoms with Crippen LogP contribution >= 0.6 is 11.3 Å². The van der Waals surface area contributed by atoms with Gasteiger partial charge in [0.1, 0.15) is 5.75 Å². The van der Waals surface area contributed by atoms with E-state index in [2.05, 4.69) is 15.6 Å². The third-order valence-electron chi connectivity index (χ3n) is 6.20. The van der Waals surface area contributed by atoms with Gasteiger partial charge in [-0.1, -0.05) is 37.5 Å². The highest BCUT2D eigenvalue weighted by molar-refractivity contribution is 7.09. The summed E-state index contributed by atoms with van der Waals surface area (Å²) in [5.41, 5.74) is 2.37. The maximum Gasteiger partial charge on any atom is 0.264 e. The van der Waals surface area contributed by atoms with Crippen molar-refractivity contribution in [3.8, 4) is 5.75 Å². The summed E-state index contributed by atoms with van der Waals surface area (Å²) in [4.78, 5) is 32.3. The topological polar surface area (TPSA) is 83.6 Å². The minimum Gasteiger partial charge on any atom is -0.484 e. The first-order valence-electron chi connectivity index (χ1n) is 12.7. The SMILES string of the molecule is O=C(NCCc1nccs1)c1ccc2c(c1)CNCCCCCCCN2C(=O)COc1ccccc1. The summed E-state index contributed by atoms with van der Waals surface area (Å²) in [6.07, 6.45) is 7.96. The van der Waals surface area contributed by atoms with Gasteiger partial charge in [0.25, 0.3) is 11.8 Å². The molecule has 0 fully saturated rings. The number of anilines is 1. The van der Waals surface area contributed by atoms with Gasteiger partial charge in [0, 0.05) is 48.9 Å². The summed E-state index contributed by atoms with van der Waals surface area (Å²) < 4.78 is 5.77. The number of carbonyl (C=O) groups excluding carboxylic acids is 2. The number of nitrogens with zero attached hydrogens (tertiary/aromatic N) is 2. The van der Waals surface area contributed by atoms with Gasteiger partial charge in [-0.3, -0.25) is 9.59 Å². The van der Waals surface area contributed by atoms with Crippen molar-refractivity contribution in [2.24, 2.45) is 0 Å². The van der Waals surface area contributed by atoms with E-state index in [-0.39, 0.29) is 18.4 Å². The number of fused-ring (bicyclic) bond motifs is 1. The third kappa shape index (κ3) is 7.63. The molecule has 3 aromatic rings. The van der Waals surface area contributed by atoms with Crippen molar-refractivity contribution in [3.63, 3.8) is 0 Å². The Morgan fingerprint density at radius 1 is 1.06 bits per heavy atom. The summed E-state index contributed by atoms with van der Waals surface area (Å²) in [5, 5.41) is 9.43. The highest BCUT2D eigenvalue weighted by Gasteiger charge is 2.21. The number of carbonyl (C=O) groups is 2. The van der Waals surface area contributed by atoms with Gasteiger partial charge in [0.2, 0.25) is 0 Å². The quantitative estimate of drug-likeness (QED) is 0.490. The second kappa shape index (κ2) is 13.8.